The van der Waals surface area contributed by atoms with Crippen LogP contribution in [-0.2, 0) is 23.8 Å². The lowest BCUT2D eigenvalue weighted by molar-refractivity contribution is -0.144. The largest absolute Gasteiger partial charge is 0.494 e. The van der Waals surface area contributed by atoms with Crippen LogP contribution < -0.4 is 18.9 Å². The first kappa shape index (κ1) is 44.0. The normalized spacial score (nSPS) is 11.4. The van der Waals surface area contributed by atoms with Crippen LogP contribution in [0.25, 0.3) is 0 Å². The van der Waals surface area contributed by atoms with Crippen LogP contribution in [-0.4, -0.2) is 61.9 Å². The Hall–Kier alpha value is -6.42. The highest BCUT2D eigenvalue weighted by atomic mass is 16.6. The average molecular weight is 770 g/mol. The predicted octanol–water partition coefficient (Wildman–Crippen LogP) is 7.92. The molecule has 0 heterocycles. The lowest BCUT2D eigenvalue weighted by Gasteiger charge is -2.15. The molecule has 0 aliphatic rings. The topological polar surface area (TPSA) is 174 Å². The van der Waals surface area contributed by atoms with Gasteiger partial charge in [-0.05, 0) is 112 Å². The first-order valence-corrected chi connectivity index (χ1v) is 18.3. The first-order chi connectivity index (χ1) is 27.1. The minimum Gasteiger partial charge on any atom is -0.494 e. The SMILES string of the molecule is C=CC(=O)OC(CC)CCCOc1ccc(C(=O)Oc2ccc(OC(=O)c3ccc(OCCCC(CC)OC(=O)C=C)cc3)c(C(=O)OCCCC#N)c2)cc1. The maximum Gasteiger partial charge on any atom is 0.343 e. The van der Waals surface area contributed by atoms with Crippen molar-refractivity contribution < 1.29 is 57.1 Å². The third kappa shape index (κ3) is 15.1. The number of ether oxygens (including phenoxy) is 7. The standard InChI is InChI=1S/C43H47NO12/c1-5-32(53-39(45)7-3)13-11-27-50-34-19-15-30(16-20-34)41(47)55-36-23-24-38(37(29-36)43(49)52-26-10-9-25-44)56-42(48)31-17-21-35(22-18-31)51-28-12-14-33(6-2)54-40(46)8-4/h7-8,15-24,29,32-33H,3-6,9-14,26-28H2,1-2H3. The van der Waals surface area contributed by atoms with Gasteiger partial charge in [0.05, 0.1) is 37.0 Å². The van der Waals surface area contributed by atoms with Crippen molar-refractivity contribution in [3.05, 3.63) is 109 Å². The number of hydrogen-bond acceptors (Lipinski definition) is 13. The summed E-state index contributed by atoms with van der Waals surface area (Å²) in [6.07, 6.45) is 6.11. The van der Waals surface area contributed by atoms with Gasteiger partial charge in [0, 0.05) is 18.6 Å². The van der Waals surface area contributed by atoms with E-state index in [0.717, 1.165) is 12.2 Å². The number of unbranched alkanes of at least 4 members (excludes halogenated alkanes) is 1. The Morgan fingerprint density at radius 2 is 1.12 bits per heavy atom. The van der Waals surface area contributed by atoms with Crippen molar-refractivity contribution in [3.8, 4) is 29.1 Å². The van der Waals surface area contributed by atoms with Crippen molar-refractivity contribution in [3.63, 3.8) is 0 Å². The lowest BCUT2D eigenvalue weighted by Crippen LogP contribution is -2.16. The van der Waals surface area contributed by atoms with Crippen LogP contribution in [0.15, 0.2) is 92.0 Å². The number of carbonyl (C=O) groups excluding carboxylic acids is 5. The van der Waals surface area contributed by atoms with Gasteiger partial charge in [-0.3, -0.25) is 0 Å². The van der Waals surface area contributed by atoms with Crippen molar-refractivity contribution in [2.75, 3.05) is 19.8 Å². The van der Waals surface area contributed by atoms with E-state index in [1.807, 2.05) is 19.9 Å². The molecule has 0 N–H and O–H groups in total. The smallest absolute Gasteiger partial charge is 0.343 e. The van der Waals surface area contributed by atoms with E-state index in [9.17, 15) is 24.0 Å². The number of rotatable bonds is 24. The van der Waals surface area contributed by atoms with Gasteiger partial charge in [-0.25, -0.2) is 24.0 Å². The molecule has 0 bridgehead atoms. The molecule has 13 nitrogen and oxygen atoms in total. The van der Waals surface area contributed by atoms with Gasteiger partial charge in [0.25, 0.3) is 0 Å². The highest BCUT2D eigenvalue weighted by molar-refractivity contribution is 5.97. The molecule has 3 aromatic rings. The Kier molecular flexibility index (Phi) is 18.9. The molecule has 0 spiro atoms. The molecule has 0 aliphatic heterocycles. The number of esters is 5. The molecule has 56 heavy (non-hydrogen) atoms. The monoisotopic (exact) mass is 769 g/mol. The van der Waals surface area contributed by atoms with Gasteiger partial charge in [0.1, 0.15) is 40.8 Å². The summed E-state index contributed by atoms with van der Waals surface area (Å²) < 4.78 is 38.5. The fraction of sp³-hybridized carbons (Fsp3) is 0.349. The highest BCUT2D eigenvalue weighted by Gasteiger charge is 2.21. The summed E-state index contributed by atoms with van der Waals surface area (Å²) in [6.45, 7) is 11.3. The second kappa shape index (κ2) is 24.1. The van der Waals surface area contributed by atoms with E-state index in [1.165, 1.54) is 42.5 Å². The molecule has 296 valence electrons. The van der Waals surface area contributed by atoms with Gasteiger partial charge in [-0.15, -0.1) is 0 Å². The Balaban J connectivity index is 1.61. The van der Waals surface area contributed by atoms with Crippen molar-refractivity contribution in [1.82, 2.24) is 0 Å². The van der Waals surface area contributed by atoms with Crippen LogP contribution in [0.1, 0.15) is 96.3 Å². The minimum absolute atomic E-state index is 0.00707. The Morgan fingerprint density at radius 3 is 1.59 bits per heavy atom. The third-order valence-electron chi connectivity index (χ3n) is 8.12. The number of carbonyl (C=O) groups is 5. The van der Waals surface area contributed by atoms with E-state index in [-0.39, 0.29) is 53.4 Å². The van der Waals surface area contributed by atoms with Gasteiger partial charge in [-0.1, -0.05) is 27.0 Å². The maximum atomic E-state index is 13.1. The van der Waals surface area contributed by atoms with Gasteiger partial charge in [0.15, 0.2) is 0 Å². The Labute approximate surface area is 326 Å². The molecular weight excluding hydrogens is 722 g/mol. The zero-order valence-corrected chi connectivity index (χ0v) is 31.7. The van der Waals surface area contributed by atoms with Gasteiger partial charge < -0.3 is 33.2 Å². The second-order valence-electron chi connectivity index (χ2n) is 12.2. The summed E-state index contributed by atoms with van der Waals surface area (Å²) in [5, 5.41) is 8.83. The van der Waals surface area contributed by atoms with Crippen LogP contribution in [0.5, 0.6) is 23.0 Å². The summed E-state index contributed by atoms with van der Waals surface area (Å²) in [5.41, 5.74) is 0.218. The molecule has 2 unspecified atom stereocenters. The van der Waals surface area contributed by atoms with Gasteiger partial charge in [0.2, 0.25) is 0 Å². The van der Waals surface area contributed by atoms with Crippen LogP contribution in [0.3, 0.4) is 0 Å². The fourth-order valence-corrected chi connectivity index (χ4v) is 5.03. The van der Waals surface area contributed by atoms with Gasteiger partial charge >= 0.3 is 29.8 Å². The van der Waals surface area contributed by atoms with E-state index >= 15 is 0 Å². The molecule has 13 heteroatoms. The minimum atomic E-state index is -0.845. The molecule has 0 radical (unpaired) electrons. The third-order valence-corrected chi connectivity index (χ3v) is 8.12. The Bertz CT molecular complexity index is 1830. The first-order valence-electron chi connectivity index (χ1n) is 18.3. The molecule has 0 saturated carbocycles. The number of nitrogens with zero attached hydrogens (tertiary/aromatic N) is 1. The molecule has 3 aromatic carbocycles. The zero-order valence-electron chi connectivity index (χ0n) is 31.7. The number of nitriles is 1. The highest BCUT2D eigenvalue weighted by Crippen LogP contribution is 2.28. The summed E-state index contributed by atoms with van der Waals surface area (Å²) in [6, 6.07) is 18.4. The van der Waals surface area contributed by atoms with E-state index in [1.54, 1.807) is 24.3 Å². The van der Waals surface area contributed by atoms with E-state index < -0.39 is 29.8 Å². The van der Waals surface area contributed by atoms with Gasteiger partial charge in [-0.2, -0.15) is 5.26 Å². The molecular formula is C43H47NO12. The zero-order chi connectivity index (χ0) is 40.7. The second-order valence-corrected chi connectivity index (χ2v) is 12.2. The quantitative estimate of drug-likeness (QED) is 0.0283. The molecule has 0 fully saturated rings. The lowest BCUT2D eigenvalue weighted by atomic mass is 10.1. The van der Waals surface area contributed by atoms with Crippen molar-refractivity contribution >= 4 is 29.8 Å². The predicted molar refractivity (Wildman–Crippen MR) is 205 cm³/mol. The van der Waals surface area contributed by atoms with Crippen molar-refractivity contribution in [1.29, 1.82) is 5.26 Å². The van der Waals surface area contributed by atoms with Crippen molar-refractivity contribution in [2.24, 2.45) is 0 Å². The van der Waals surface area contributed by atoms with Crippen LogP contribution in [0.2, 0.25) is 0 Å². The van der Waals surface area contributed by atoms with Crippen molar-refractivity contribution in [2.45, 2.75) is 77.4 Å². The average Bonchev–Trinajstić information content (AvgIpc) is 3.22. The van der Waals surface area contributed by atoms with E-state index in [0.29, 0.717) is 69.7 Å². The number of hydrogen-bond donors (Lipinski definition) is 0. The molecule has 3 rings (SSSR count). The summed E-state index contributed by atoms with van der Waals surface area (Å²) in [4.78, 5) is 62.1. The molecule has 0 aromatic heterocycles. The maximum absolute atomic E-state index is 13.1. The Morgan fingerprint density at radius 1 is 0.643 bits per heavy atom. The molecule has 0 amide bonds. The molecule has 0 aliphatic carbocycles. The van der Waals surface area contributed by atoms with Crippen LogP contribution in [0.4, 0.5) is 0 Å². The fourth-order valence-electron chi connectivity index (χ4n) is 5.03. The van der Waals surface area contributed by atoms with Crippen LogP contribution >= 0.6 is 0 Å². The van der Waals surface area contributed by atoms with Crippen LogP contribution in [0, 0.1) is 11.3 Å². The molecule has 0 saturated heterocycles. The van der Waals surface area contributed by atoms with E-state index in [2.05, 4.69) is 13.2 Å². The summed E-state index contributed by atoms with van der Waals surface area (Å²) in [7, 11) is 0. The summed E-state index contributed by atoms with van der Waals surface area (Å²) >= 11 is 0. The number of benzene rings is 3. The summed E-state index contributed by atoms with van der Waals surface area (Å²) in [5.74, 6) is -2.36. The molecule has 2 atom stereocenters. The van der Waals surface area contributed by atoms with E-state index in [4.69, 9.17) is 38.4 Å².